The first-order valence-electron chi connectivity index (χ1n) is 26.2. The maximum Gasteiger partial charge on any atom is 0.305 e. The summed E-state index contributed by atoms with van der Waals surface area (Å²) in [7, 11) is 0. The van der Waals surface area contributed by atoms with Crippen LogP contribution in [-0.4, -0.2) is 47.4 Å². The lowest BCUT2D eigenvalue weighted by Gasteiger charge is -2.22. The number of rotatable bonds is 48. The quantitative estimate of drug-likeness (QED) is 0.0322. The summed E-state index contributed by atoms with van der Waals surface area (Å²) in [5.41, 5.74) is 0. The van der Waals surface area contributed by atoms with Gasteiger partial charge in [0.05, 0.1) is 25.4 Å². The fourth-order valence-corrected chi connectivity index (χ4v) is 7.86. The molecule has 0 aliphatic rings. The van der Waals surface area contributed by atoms with E-state index < -0.39 is 12.1 Å². The Morgan fingerprint density at radius 1 is 0.467 bits per heavy atom. The van der Waals surface area contributed by atoms with Crippen LogP contribution in [0.1, 0.15) is 271 Å². The Balaban J connectivity index is 3.57. The predicted octanol–water partition coefficient (Wildman–Crippen LogP) is 15.7. The van der Waals surface area contributed by atoms with Gasteiger partial charge in [-0.15, -0.1) is 0 Å². The maximum absolute atomic E-state index is 12.4. The summed E-state index contributed by atoms with van der Waals surface area (Å²) in [4.78, 5) is 24.4. The summed E-state index contributed by atoms with van der Waals surface area (Å²) in [6, 6.07) is -0.586. The maximum atomic E-state index is 12.4. The summed E-state index contributed by atoms with van der Waals surface area (Å²) in [5, 5.41) is 23.2. The minimum Gasteiger partial charge on any atom is -0.466 e. The molecular weight excluding hydrogens is 743 g/mol. The first-order valence-corrected chi connectivity index (χ1v) is 26.2. The third kappa shape index (κ3) is 45.6. The zero-order valence-corrected chi connectivity index (χ0v) is 39.9. The van der Waals surface area contributed by atoms with Crippen molar-refractivity contribution >= 4 is 11.9 Å². The van der Waals surface area contributed by atoms with Crippen LogP contribution in [0.15, 0.2) is 36.5 Å². The molecule has 1 amide bonds. The Morgan fingerprint density at radius 3 is 1.35 bits per heavy atom. The summed E-state index contributed by atoms with van der Waals surface area (Å²) < 4.78 is 5.43. The van der Waals surface area contributed by atoms with E-state index in [1.54, 1.807) is 0 Å². The number of aliphatic hydroxyl groups is 2. The first-order chi connectivity index (χ1) is 29.5. The van der Waals surface area contributed by atoms with Gasteiger partial charge < -0.3 is 20.3 Å². The fraction of sp³-hybridized carbons (Fsp3) is 0.852. The standard InChI is InChI=1S/C54H101NO5/c1-3-5-7-9-11-13-15-17-18-19-20-21-23-26-30-34-38-42-46-52(57)51(50-56)55-53(58)47-43-39-35-31-27-24-22-25-29-33-37-41-45-49-60-54(59)48-44-40-36-32-28-16-14-12-10-8-6-4-2/h12,14,24,27,35,39,51-52,56-57H,3-11,13,15-23,25-26,28-34,36-38,40-50H2,1-2H3,(H,55,58)/b14-12-,27-24-,39-35-. The van der Waals surface area contributed by atoms with Crippen LogP contribution in [0.3, 0.4) is 0 Å². The van der Waals surface area contributed by atoms with E-state index in [0.717, 1.165) is 51.4 Å². The van der Waals surface area contributed by atoms with Crippen LogP contribution in [-0.2, 0) is 14.3 Å². The molecule has 0 aromatic heterocycles. The number of ether oxygens (including phenoxy) is 1. The number of esters is 1. The van der Waals surface area contributed by atoms with Gasteiger partial charge >= 0.3 is 5.97 Å². The average molecular weight is 844 g/mol. The summed E-state index contributed by atoms with van der Waals surface area (Å²) in [6.07, 6.45) is 59.8. The Bertz CT molecular complexity index is 977. The lowest BCUT2D eigenvalue weighted by Crippen LogP contribution is -2.45. The number of amides is 1. The Morgan fingerprint density at radius 2 is 0.850 bits per heavy atom. The molecule has 0 saturated heterocycles. The second-order valence-corrected chi connectivity index (χ2v) is 17.8. The van der Waals surface area contributed by atoms with Crippen molar-refractivity contribution in [2.45, 2.75) is 283 Å². The molecule has 2 atom stereocenters. The second-order valence-electron chi connectivity index (χ2n) is 17.8. The third-order valence-corrected chi connectivity index (χ3v) is 11.9. The normalized spacial score (nSPS) is 12.9. The van der Waals surface area contributed by atoms with Gasteiger partial charge in [-0.1, -0.05) is 224 Å². The highest BCUT2D eigenvalue weighted by Crippen LogP contribution is 2.16. The van der Waals surface area contributed by atoms with Gasteiger partial charge in [0, 0.05) is 12.8 Å². The predicted molar refractivity (Wildman–Crippen MR) is 259 cm³/mol. The second kappa shape index (κ2) is 49.7. The Labute approximate surface area is 373 Å². The zero-order chi connectivity index (χ0) is 43.7. The van der Waals surface area contributed by atoms with Gasteiger partial charge in [0.1, 0.15) is 0 Å². The molecule has 0 aliphatic heterocycles. The van der Waals surface area contributed by atoms with Crippen molar-refractivity contribution in [3.8, 4) is 0 Å². The van der Waals surface area contributed by atoms with Gasteiger partial charge in [0.25, 0.3) is 0 Å². The Hall–Kier alpha value is -1.92. The van der Waals surface area contributed by atoms with Crippen LogP contribution in [0.2, 0.25) is 0 Å². The third-order valence-electron chi connectivity index (χ3n) is 11.9. The highest BCUT2D eigenvalue weighted by Gasteiger charge is 2.19. The monoisotopic (exact) mass is 844 g/mol. The van der Waals surface area contributed by atoms with Crippen molar-refractivity contribution in [1.29, 1.82) is 0 Å². The lowest BCUT2D eigenvalue weighted by atomic mass is 10.0. The van der Waals surface area contributed by atoms with E-state index in [0.29, 0.717) is 32.3 Å². The van der Waals surface area contributed by atoms with Crippen LogP contribution < -0.4 is 5.32 Å². The van der Waals surface area contributed by atoms with Crippen molar-refractivity contribution < 1.29 is 24.5 Å². The summed E-state index contributed by atoms with van der Waals surface area (Å²) in [5.74, 6) is -0.143. The SMILES string of the molecule is CCCCC/C=C\CCCCCCCC(=O)OCCCCCCCC/C=C\C/C=C\CCC(=O)NC(CO)C(O)CCCCCCCCCCCCCCCCCCCC. The number of carbonyl (C=O) groups is 2. The van der Waals surface area contributed by atoms with E-state index in [2.05, 4.69) is 49.5 Å². The largest absolute Gasteiger partial charge is 0.466 e. The molecule has 0 aromatic carbocycles. The van der Waals surface area contributed by atoms with Gasteiger partial charge in [0.2, 0.25) is 5.91 Å². The molecule has 0 bridgehead atoms. The molecule has 0 spiro atoms. The highest BCUT2D eigenvalue weighted by molar-refractivity contribution is 5.76. The molecule has 352 valence electrons. The van der Waals surface area contributed by atoms with Gasteiger partial charge in [-0.2, -0.15) is 0 Å². The van der Waals surface area contributed by atoms with E-state index in [-0.39, 0.29) is 18.5 Å². The average Bonchev–Trinajstić information content (AvgIpc) is 3.25. The van der Waals surface area contributed by atoms with Crippen LogP contribution in [0, 0.1) is 0 Å². The summed E-state index contributed by atoms with van der Waals surface area (Å²) in [6.45, 7) is 4.86. The number of aliphatic hydroxyl groups excluding tert-OH is 2. The minimum absolute atomic E-state index is 0.0273. The van der Waals surface area contributed by atoms with Crippen LogP contribution >= 0.6 is 0 Å². The van der Waals surface area contributed by atoms with Crippen molar-refractivity contribution in [1.82, 2.24) is 5.32 Å². The van der Waals surface area contributed by atoms with Crippen molar-refractivity contribution in [2.75, 3.05) is 13.2 Å². The Kier molecular flexibility index (Phi) is 48.1. The number of hydrogen-bond acceptors (Lipinski definition) is 5. The molecule has 0 radical (unpaired) electrons. The number of nitrogens with one attached hydrogen (secondary N) is 1. The number of unbranched alkanes of at least 4 members (excludes halogenated alkanes) is 31. The molecule has 60 heavy (non-hydrogen) atoms. The molecule has 3 N–H and O–H groups in total. The van der Waals surface area contributed by atoms with Gasteiger partial charge in [-0.05, 0) is 70.6 Å². The van der Waals surface area contributed by atoms with Gasteiger partial charge in [-0.25, -0.2) is 0 Å². The van der Waals surface area contributed by atoms with Crippen molar-refractivity contribution in [2.24, 2.45) is 0 Å². The fourth-order valence-electron chi connectivity index (χ4n) is 7.86. The van der Waals surface area contributed by atoms with Crippen molar-refractivity contribution in [3.05, 3.63) is 36.5 Å². The highest BCUT2D eigenvalue weighted by atomic mass is 16.5. The topological polar surface area (TPSA) is 95.9 Å². The minimum atomic E-state index is -0.700. The molecular formula is C54H101NO5. The molecule has 0 saturated carbocycles. The van der Waals surface area contributed by atoms with E-state index in [1.807, 2.05) is 6.08 Å². The van der Waals surface area contributed by atoms with Gasteiger partial charge in [-0.3, -0.25) is 9.59 Å². The van der Waals surface area contributed by atoms with E-state index in [4.69, 9.17) is 4.74 Å². The molecule has 0 rings (SSSR count). The molecule has 0 fully saturated rings. The molecule has 2 unspecified atom stereocenters. The lowest BCUT2D eigenvalue weighted by molar-refractivity contribution is -0.143. The molecule has 6 nitrogen and oxygen atoms in total. The molecule has 0 heterocycles. The van der Waals surface area contributed by atoms with E-state index in [1.165, 1.54) is 180 Å². The molecule has 0 aliphatic carbocycles. The molecule has 6 heteroatoms. The number of carbonyl (C=O) groups excluding carboxylic acids is 2. The van der Waals surface area contributed by atoms with Crippen LogP contribution in [0.25, 0.3) is 0 Å². The van der Waals surface area contributed by atoms with Crippen molar-refractivity contribution in [3.63, 3.8) is 0 Å². The van der Waals surface area contributed by atoms with Crippen LogP contribution in [0.5, 0.6) is 0 Å². The summed E-state index contributed by atoms with van der Waals surface area (Å²) >= 11 is 0. The first kappa shape index (κ1) is 58.1. The smallest absolute Gasteiger partial charge is 0.305 e. The van der Waals surface area contributed by atoms with E-state index >= 15 is 0 Å². The van der Waals surface area contributed by atoms with Crippen LogP contribution in [0.4, 0.5) is 0 Å². The number of allylic oxidation sites excluding steroid dienone is 6. The zero-order valence-electron chi connectivity index (χ0n) is 39.9. The van der Waals surface area contributed by atoms with Gasteiger partial charge in [0.15, 0.2) is 0 Å². The molecule has 0 aromatic rings. The van der Waals surface area contributed by atoms with E-state index in [9.17, 15) is 19.8 Å². The number of hydrogen-bond donors (Lipinski definition) is 3.